The van der Waals surface area contributed by atoms with Crippen LogP contribution in [0.25, 0.3) is 21.9 Å². The Morgan fingerprint density at radius 1 is 0.857 bits per heavy atom. The van der Waals surface area contributed by atoms with Crippen LogP contribution in [0, 0.1) is 0 Å². The van der Waals surface area contributed by atoms with Crippen LogP contribution in [-0.4, -0.2) is 22.2 Å². The van der Waals surface area contributed by atoms with Gasteiger partial charge in [0, 0.05) is 40.1 Å². The van der Waals surface area contributed by atoms with Gasteiger partial charge in [-0.25, -0.2) is 0 Å². The molecule has 4 aromatic rings. The van der Waals surface area contributed by atoms with E-state index in [9.17, 15) is 10.0 Å². The molecular formula is C23H22BNO3. The number of para-hydroxylation sites is 1. The molecule has 5 rings (SSSR count). The number of benzene rings is 2. The van der Waals surface area contributed by atoms with Crippen LogP contribution in [0.1, 0.15) is 48.8 Å². The molecule has 0 radical (unpaired) electrons. The summed E-state index contributed by atoms with van der Waals surface area (Å²) >= 11 is 0. The van der Waals surface area contributed by atoms with Crippen molar-refractivity contribution in [2.45, 2.75) is 37.5 Å². The SMILES string of the molecule is OB(O)c1cccc2c1oc1cc(C3CCC(c4ccccc4)CC3)ncc12. The van der Waals surface area contributed by atoms with Gasteiger partial charge in [-0.3, -0.25) is 4.98 Å². The van der Waals surface area contributed by atoms with Gasteiger partial charge in [0.1, 0.15) is 11.2 Å². The van der Waals surface area contributed by atoms with Crippen molar-refractivity contribution < 1.29 is 14.5 Å². The van der Waals surface area contributed by atoms with Gasteiger partial charge < -0.3 is 14.5 Å². The van der Waals surface area contributed by atoms with Crippen LogP contribution < -0.4 is 5.46 Å². The average Bonchev–Trinajstić information content (AvgIpc) is 3.12. The monoisotopic (exact) mass is 371 g/mol. The molecule has 0 bridgehead atoms. The van der Waals surface area contributed by atoms with Crippen molar-refractivity contribution in [3.8, 4) is 0 Å². The molecule has 1 saturated carbocycles. The summed E-state index contributed by atoms with van der Waals surface area (Å²) in [5, 5.41) is 21.0. The smallest absolute Gasteiger partial charge is 0.456 e. The number of fused-ring (bicyclic) bond motifs is 3. The van der Waals surface area contributed by atoms with Crippen molar-refractivity contribution in [2.75, 3.05) is 0 Å². The molecule has 1 aliphatic rings. The molecule has 0 spiro atoms. The predicted molar refractivity (Wildman–Crippen MR) is 112 cm³/mol. The Hall–Kier alpha value is -2.63. The second kappa shape index (κ2) is 7.08. The van der Waals surface area contributed by atoms with E-state index in [4.69, 9.17) is 9.40 Å². The van der Waals surface area contributed by atoms with Gasteiger partial charge in [0.15, 0.2) is 0 Å². The quantitative estimate of drug-likeness (QED) is 0.532. The number of nitrogens with zero attached hydrogens (tertiary/aromatic N) is 1. The largest absolute Gasteiger partial charge is 0.492 e. The van der Waals surface area contributed by atoms with Gasteiger partial charge in [0.25, 0.3) is 0 Å². The molecule has 4 nitrogen and oxygen atoms in total. The zero-order chi connectivity index (χ0) is 19.1. The fourth-order valence-corrected chi connectivity index (χ4v) is 4.60. The highest BCUT2D eigenvalue weighted by Gasteiger charge is 2.25. The predicted octanol–water partition coefficient (Wildman–Crippen LogP) is 4.10. The molecule has 2 heterocycles. The van der Waals surface area contributed by atoms with Crippen LogP contribution in [0.2, 0.25) is 0 Å². The van der Waals surface area contributed by atoms with Crippen LogP contribution in [0.5, 0.6) is 0 Å². The maximum atomic E-state index is 9.60. The Balaban J connectivity index is 1.43. The Morgan fingerprint density at radius 3 is 2.36 bits per heavy atom. The lowest BCUT2D eigenvalue weighted by molar-refractivity contribution is 0.391. The lowest BCUT2D eigenvalue weighted by Gasteiger charge is -2.28. The van der Waals surface area contributed by atoms with Gasteiger partial charge >= 0.3 is 7.12 Å². The third kappa shape index (κ3) is 3.01. The third-order valence-electron chi connectivity index (χ3n) is 6.13. The lowest BCUT2D eigenvalue weighted by Crippen LogP contribution is -2.29. The van der Waals surface area contributed by atoms with E-state index >= 15 is 0 Å². The standard InChI is InChI=1S/C23H22BNO3/c26-24(27)20-8-4-7-18-19-14-25-21(13-22(19)28-23(18)20)17-11-9-16(10-12-17)15-5-2-1-3-6-15/h1-8,13-14,16-17,26-27H,9-12H2. The molecular weight excluding hydrogens is 349 g/mol. The Morgan fingerprint density at radius 2 is 1.61 bits per heavy atom. The minimum Gasteiger partial charge on any atom is -0.456 e. The summed E-state index contributed by atoms with van der Waals surface area (Å²) < 4.78 is 6.01. The third-order valence-corrected chi connectivity index (χ3v) is 6.13. The molecule has 2 aromatic carbocycles. The highest BCUT2D eigenvalue weighted by Crippen LogP contribution is 2.40. The van der Waals surface area contributed by atoms with Crippen LogP contribution in [0.4, 0.5) is 0 Å². The van der Waals surface area contributed by atoms with Gasteiger partial charge in [-0.1, -0.05) is 48.5 Å². The second-order valence-corrected chi connectivity index (χ2v) is 7.76. The average molecular weight is 371 g/mol. The van der Waals surface area contributed by atoms with E-state index in [2.05, 4.69) is 30.3 Å². The van der Waals surface area contributed by atoms with Gasteiger partial charge in [0.05, 0.1) is 0 Å². The summed E-state index contributed by atoms with van der Waals surface area (Å²) in [5.41, 5.74) is 4.19. The van der Waals surface area contributed by atoms with Crippen LogP contribution in [0.15, 0.2) is 65.2 Å². The molecule has 140 valence electrons. The van der Waals surface area contributed by atoms with Crippen LogP contribution in [0.3, 0.4) is 0 Å². The number of hydrogen-bond donors (Lipinski definition) is 2. The topological polar surface area (TPSA) is 66.5 Å². The molecule has 0 atom stereocenters. The molecule has 0 saturated heterocycles. The minimum atomic E-state index is -1.55. The van der Waals surface area contributed by atoms with E-state index in [-0.39, 0.29) is 0 Å². The molecule has 28 heavy (non-hydrogen) atoms. The maximum Gasteiger partial charge on any atom is 0.492 e. The Labute approximate surface area is 164 Å². The molecule has 2 aromatic heterocycles. The first-order valence-corrected chi connectivity index (χ1v) is 9.93. The van der Waals surface area contributed by atoms with Crippen molar-refractivity contribution in [3.05, 3.63) is 72.1 Å². The highest BCUT2D eigenvalue weighted by atomic mass is 16.4. The van der Waals surface area contributed by atoms with E-state index < -0.39 is 7.12 Å². The molecule has 0 amide bonds. The Bertz CT molecular complexity index is 1110. The number of pyridine rings is 1. The van der Waals surface area contributed by atoms with Crippen LogP contribution >= 0.6 is 0 Å². The summed E-state index contributed by atoms with van der Waals surface area (Å²) in [6, 6.07) is 18.2. The number of aromatic nitrogens is 1. The van der Waals surface area contributed by atoms with E-state index in [1.165, 1.54) is 18.4 Å². The molecule has 5 heteroatoms. The number of furan rings is 1. The number of rotatable bonds is 3. The summed E-state index contributed by atoms with van der Waals surface area (Å²) in [4.78, 5) is 4.74. The molecule has 1 fully saturated rings. The van der Waals surface area contributed by atoms with E-state index in [1.54, 1.807) is 6.07 Å². The van der Waals surface area contributed by atoms with Crippen molar-refractivity contribution in [3.63, 3.8) is 0 Å². The minimum absolute atomic E-state index is 0.388. The van der Waals surface area contributed by atoms with Crippen LogP contribution in [-0.2, 0) is 0 Å². The van der Waals surface area contributed by atoms with Gasteiger partial charge in [-0.05, 0) is 37.2 Å². The van der Waals surface area contributed by atoms with Crippen molar-refractivity contribution in [1.29, 1.82) is 0 Å². The zero-order valence-electron chi connectivity index (χ0n) is 15.6. The molecule has 0 aliphatic heterocycles. The fraction of sp³-hybridized carbons (Fsp3) is 0.261. The molecule has 1 aliphatic carbocycles. The van der Waals surface area contributed by atoms with Gasteiger partial charge in [-0.15, -0.1) is 0 Å². The van der Waals surface area contributed by atoms with Gasteiger partial charge in [0.2, 0.25) is 0 Å². The Kier molecular flexibility index (Phi) is 4.42. The second-order valence-electron chi connectivity index (χ2n) is 7.76. The summed E-state index contributed by atoms with van der Waals surface area (Å²) in [5.74, 6) is 1.08. The van der Waals surface area contributed by atoms with E-state index in [0.717, 1.165) is 34.9 Å². The summed E-state index contributed by atoms with van der Waals surface area (Å²) in [6.07, 6.45) is 6.47. The first-order chi connectivity index (χ1) is 13.7. The molecule has 2 N–H and O–H groups in total. The first kappa shape index (κ1) is 17.5. The zero-order valence-corrected chi connectivity index (χ0v) is 15.6. The number of hydrogen-bond acceptors (Lipinski definition) is 4. The summed E-state index contributed by atoms with van der Waals surface area (Å²) in [7, 11) is -1.55. The lowest BCUT2D eigenvalue weighted by atomic mass is 9.77. The fourth-order valence-electron chi connectivity index (χ4n) is 4.60. The maximum absolute atomic E-state index is 9.60. The van der Waals surface area contributed by atoms with Gasteiger partial charge in [-0.2, -0.15) is 0 Å². The first-order valence-electron chi connectivity index (χ1n) is 9.93. The van der Waals surface area contributed by atoms with E-state index in [1.807, 2.05) is 24.4 Å². The van der Waals surface area contributed by atoms with Crippen molar-refractivity contribution >= 4 is 34.5 Å². The van der Waals surface area contributed by atoms with Crippen molar-refractivity contribution in [1.82, 2.24) is 4.98 Å². The summed E-state index contributed by atoms with van der Waals surface area (Å²) in [6.45, 7) is 0. The highest BCUT2D eigenvalue weighted by molar-refractivity contribution is 6.61. The van der Waals surface area contributed by atoms with Crippen molar-refractivity contribution in [2.24, 2.45) is 0 Å². The molecule has 0 unspecified atom stereocenters. The van der Waals surface area contributed by atoms with E-state index in [0.29, 0.717) is 22.9 Å². The normalized spacial score (nSPS) is 19.9.